The summed E-state index contributed by atoms with van der Waals surface area (Å²) in [6.07, 6.45) is 5.60. The number of nitrogens with zero attached hydrogens (tertiary/aromatic N) is 2. The van der Waals surface area contributed by atoms with Crippen molar-refractivity contribution in [2.45, 2.75) is 51.8 Å². The minimum atomic E-state index is 0.143. The van der Waals surface area contributed by atoms with E-state index in [1.807, 2.05) is 11.8 Å². The Balaban J connectivity index is 2.31. The normalized spacial score (nSPS) is 18.0. The zero-order valence-corrected chi connectivity index (χ0v) is 13.1. The quantitative estimate of drug-likeness (QED) is 0.755. The Morgan fingerprint density at radius 1 is 1.40 bits per heavy atom. The van der Waals surface area contributed by atoms with Crippen molar-refractivity contribution in [1.82, 2.24) is 15.1 Å². The van der Waals surface area contributed by atoms with E-state index in [0.29, 0.717) is 5.92 Å². The highest BCUT2D eigenvalue weighted by Crippen LogP contribution is 2.41. The summed E-state index contributed by atoms with van der Waals surface area (Å²) >= 11 is 0. The Kier molecular flexibility index (Phi) is 5.43. The molecule has 0 amide bonds. The summed E-state index contributed by atoms with van der Waals surface area (Å²) in [5.74, 6) is 1.50. The maximum absolute atomic E-state index is 5.80. The van der Waals surface area contributed by atoms with Crippen LogP contribution in [0.25, 0.3) is 0 Å². The summed E-state index contributed by atoms with van der Waals surface area (Å²) in [6, 6.07) is 0.143. The molecule has 5 nitrogen and oxygen atoms in total. The number of hydrogen-bond donors (Lipinski definition) is 1. The molecule has 5 heteroatoms. The average molecular weight is 281 g/mol. The van der Waals surface area contributed by atoms with Crippen molar-refractivity contribution >= 4 is 0 Å². The number of rotatable bonds is 9. The van der Waals surface area contributed by atoms with Gasteiger partial charge >= 0.3 is 0 Å². The largest absolute Gasteiger partial charge is 0.493 e. The Labute approximate surface area is 121 Å². The van der Waals surface area contributed by atoms with Crippen molar-refractivity contribution in [1.29, 1.82) is 0 Å². The Morgan fingerprint density at radius 2 is 2.15 bits per heavy atom. The van der Waals surface area contributed by atoms with Crippen molar-refractivity contribution in [3.63, 3.8) is 0 Å². The third kappa shape index (κ3) is 3.15. The van der Waals surface area contributed by atoms with E-state index in [9.17, 15) is 0 Å². The van der Waals surface area contributed by atoms with E-state index in [-0.39, 0.29) is 12.1 Å². The van der Waals surface area contributed by atoms with Gasteiger partial charge in [-0.15, -0.1) is 0 Å². The van der Waals surface area contributed by atoms with Gasteiger partial charge in [0, 0.05) is 13.7 Å². The van der Waals surface area contributed by atoms with Crippen LogP contribution in [0.4, 0.5) is 0 Å². The lowest BCUT2D eigenvalue weighted by Gasteiger charge is -2.28. The van der Waals surface area contributed by atoms with E-state index in [0.717, 1.165) is 31.0 Å². The van der Waals surface area contributed by atoms with Crippen molar-refractivity contribution in [2.75, 3.05) is 20.8 Å². The van der Waals surface area contributed by atoms with Gasteiger partial charge in [-0.3, -0.25) is 4.68 Å². The summed E-state index contributed by atoms with van der Waals surface area (Å²) in [6.45, 7) is 6.09. The molecule has 1 fully saturated rings. The molecule has 0 aromatic carbocycles. The molecule has 0 bridgehead atoms. The molecule has 1 aromatic heterocycles. The number of methoxy groups -OCH3 is 2. The first kappa shape index (κ1) is 15.3. The van der Waals surface area contributed by atoms with Crippen LogP contribution in [0.2, 0.25) is 0 Å². The van der Waals surface area contributed by atoms with Gasteiger partial charge in [-0.1, -0.05) is 6.92 Å². The molecule has 1 aliphatic rings. The molecule has 2 rings (SSSR count). The fourth-order valence-corrected chi connectivity index (χ4v) is 2.79. The first-order valence-electron chi connectivity index (χ1n) is 7.62. The van der Waals surface area contributed by atoms with Crippen LogP contribution < -0.4 is 10.1 Å². The molecule has 114 valence electrons. The van der Waals surface area contributed by atoms with E-state index >= 15 is 0 Å². The first-order valence-corrected chi connectivity index (χ1v) is 7.62. The van der Waals surface area contributed by atoms with E-state index in [4.69, 9.17) is 9.47 Å². The van der Waals surface area contributed by atoms with Gasteiger partial charge in [0.2, 0.25) is 0 Å². The summed E-state index contributed by atoms with van der Waals surface area (Å²) in [5.41, 5.74) is 1.11. The van der Waals surface area contributed by atoms with Crippen LogP contribution in [-0.4, -0.2) is 36.6 Å². The van der Waals surface area contributed by atoms with Gasteiger partial charge < -0.3 is 14.8 Å². The van der Waals surface area contributed by atoms with Crippen molar-refractivity contribution in [3.05, 3.63) is 11.9 Å². The van der Waals surface area contributed by atoms with Gasteiger partial charge in [0.1, 0.15) is 0 Å². The molecule has 20 heavy (non-hydrogen) atoms. The topological polar surface area (TPSA) is 48.3 Å². The monoisotopic (exact) mass is 281 g/mol. The summed E-state index contributed by atoms with van der Waals surface area (Å²) in [7, 11) is 3.51. The number of ether oxygens (including phenoxy) is 2. The first-order chi connectivity index (χ1) is 9.76. The van der Waals surface area contributed by atoms with Crippen molar-refractivity contribution in [3.8, 4) is 5.75 Å². The lowest BCUT2D eigenvalue weighted by Crippen LogP contribution is -2.37. The second-order valence-electron chi connectivity index (χ2n) is 5.38. The fraction of sp³-hybridized carbons (Fsp3) is 0.800. The van der Waals surface area contributed by atoms with Crippen molar-refractivity contribution in [2.24, 2.45) is 5.92 Å². The van der Waals surface area contributed by atoms with E-state index in [2.05, 4.69) is 24.3 Å². The van der Waals surface area contributed by atoms with Crippen molar-refractivity contribution < 1.29 is 9.47 Å². The van der Waals surface area contributed by atoms with Gasteiger partial charge in [0.05, 0.1) is 31.1 Å². The molecule has 2 atom stereocenters. The maximum Gasteiger partial charge on any atom is 0.161 e. The van der Waals surface area contributed by atoms with Crippen LogP contribution in [0.5, 0.6) is 5.75 Å². The molecular weight excluding hydrogens is 254 g/mol. The fourth-order valence-electron chi connectivity index (χ4n) is 2.79. The third-order valence-corrected chi connectivity index (χ3v) is 3.96. The van der Waals surface area contributed by atoms with Crippen LogP contribution in [0.3, 0.4) is 0 Å². The van der Waals surface area contributed by atoms with Crippen LogP contribution >= 0.6 is 0 Å². The van der Waals surface area contributed by atoms with Gasteiger partial charge in [0.25, 0.3) is 0 Å². The highest BCUT2D eigenvalue weighted by Gasteiger charge is 2.39. The van der Waals surface area contributed by atoms with Crippen LogP contribution in [-0.2, 0) is 11.3 Å². The number of aryl methyl sites for hydroxylation is 1. The SMILES string of the molecule is CCCNC(c1c(OC)cnn1CC)C(OC)C1CC1. The lowest BCUT2D eigenvalue weighted by atomic mass is 10.0. The molecular formula is C15H27N3O2. The highest BCUT2D eigenvalue weighted by atomic mass is 16.5. The minimum absolute atomic E-state index is 0.143. The third-order valence-electron chi connectivity index (χ3n) is 3.96. The van der Waals surface area contributed by atoms with Gasteiger partial charge in [-0.05, 0) is 38.6 Å². The van der Waals surface area contributed by atoms with Gasteiger partial charge in [-0.2, -0.15) is 5.10 Å². The van der Waals surface area contributed by atoms with E-state index in [1.54, 1.807) is 13.3 Å². The molecule has 1 saturated carbocycles. The highest BCUT2D eigenvalue weighted by molar-refractivity contribution is 5.30. The molecule has 2 unspecified atom stereocenters. The molecule has 1 aliphatic carbocycles. The smallest absolute Gasteiger partial charge is 0.161 e. The number of nitrogens with one attached hydrogen (secondary N) is 1. The lowest BCUT2D eigenvalue weighted by molar-refractivity contribution is 0.0472. The Hall–Kier alpha value is -1.07. The molecule has 0 saturated heterocycles. The molecule has 1 N–H and O–H groups in total. The Bertz CT molecular complexity index is 394. The molecule has 1 heterocycles. The summed E-state index contributed by atoms with van der Waals surface area (Å²) in [4.78, 5) is 0. The zero-order valence-electron chi connectivity index (χ0n) is 13.1. The molecule has 0 aliphatic heterocycles. The van der Waals surface area contributed by atoms with E-state index < -0.39 is 0 Å². The zero-order chi connectivity index (χ0) is 14.5. The average Bonchev–Trinajstić information content (AvgIpc) is 3.22. The molecule has 1 aromatic rings. The standard InChI is InChI=1S/C15H27N3O2/c1-5-9-16-13(15(20-4)11-7-8-11)14-12(19-3)10-17-18(14)6-2/h10-11,13,15-16H,5-9H2,1-4H3. The number of hydrogen-bond acceptors (Lipinski definition) is 4. The van der Waals surface area contributed by atoms with Crippen LogP contribution in [0, 0.1) is 5.92 Å². The number of aromatic nitrogens is 2. The minimum Gasteiger partial charge on any atom is -0.493 e. The van der Waals surface area contributed by atoms with Gasteiger partial charge in [0.15, 0.2) is 5.75 Å². The maximum atomic E-state index is 5.80. The second kappa shape index (κ2) is 7.09. The second-order valence-corrected chi connectivity index (χ2v) is 5.38. The summed E-state index contributed by atoms with van der Waals surface area (Å²) in [5, 5.41) is 8.05. The molecule has 0 radical (unpaired) electrons. The van der Waals surface area contributed by atoms with E-state index in [1.165, 1.54) is 12.8 Å². The van der Waals surface area contributed by atoms with Crippen LogP contribution in [0.1, 0.15) is 44.8 Å². The molecule has 0 spiro atoms. The predicted molar refractivity (Wildman–Crippen MR) is 79.0 cm³/mol. The Morgan fingerprint density at radius 3 is 2.65 bits per heavy atom. The van der Waals surface area contributed by atoms with Crippen LogP contribution in [0.15, 0.2) is 6.20 Å². The summed E-state index contributed by atoms with van der Waals surface area (Å²) < 4.78 is 13.3. The van der Waals surface area contributed by atoms with Gasteiger partial charge in [-0.25, -0.2) is 0 Å². The predicted octanol–water partition coefficient (Wildman–Crippen LogP) is 2.38.